The molecular weight excluding hydrogens is 228 g/mol. The Hall–Kier alpha value is -1.22. The zero-order valence-electron chi connectivity index (χ0n) is 9.37. The van der Waals surface area contributed by atoms with Gasteiger partial charge in [-0.2, -0.15) is 0 Å². The number of benzene rings is 1. The first-order valence-electron chi connectivity index (χ1n) is 5.22. The van der Waals surface area contributed by atoms with Crippen molar-refractivity contribution in [2.75, 3.05) is 0 Å². The van der Waals surface area contributed by atoms with Gasteiger partial charge in [-0.05, 0) is 25.0 Å². The van der Waals surface area contributed by atoms with Crippen molar-refractivity contribution in [3.63, 3.8) is 0 Å². The van der Waals surface area contributed by atoms with Crippen LogP contribution in [0, 0.1) is 0 Å². The lowest BCUT2D eigenvalue weighted by atomic mass is 9.97. The number of halogens is 1. The average molecular weight is 243 g/mol. The number of ether oxygens (including phenoxy) is 1. The van der Waals surface area contributed by atoms with Crippen molar-refractivity contribution in [2.24, 2.45) is 0 Å². The Morgan fingerprint density at radius 1 is 1.38 bits per heavy atom. The fraction of sp³-hybridized carbons (Fsp3) is 0.417. The van der Waals surface area contributed by atoms with Crippen molar-refractivity contribution >= 4 is 17.6 Å². The normalized spacial score (nSPS) is 11.2. The molecule has 0 fully saturated rings. The zero-order chi connectivity index (χ0) is 12.2. The molecule has 0 unspecified atom stereocenters. The highest BCUT2D eigenvalue weighted by molar-refractivity contribution is 6.32. The van der Waals surface area contributed by atoms with E-state index in [1.54, 1.807) is 38.1 Å². The van der Waals surface area contributed by atoms with Gasteiger partial charge in [-0.25, -0.2) is 4.79 Å². The fourth-order valence-corrected chi connectivity index (χ4v) is 1.65. The maximum Gasteiger partial charge on any atom is 0.348 e. The summed E-state index contributed by atoms with van der Waals surface area (Å²) in [5, 5.41) is 9.63. The molecule has 1 aromatic carbocycles. The molecule has 0 amide bonds. The van der Waals surface area contributed by atoms with E-state index in [1.807, 2.05) is 0 Å². The van der Waals surface area contributed by atoms with E-state index >= 15 is 0 Å². The number of rotatable bonds is 5. The Bertz CT molecular complexity index is 372. The Morgan fingerprint density at radius 2 is 1.94 bits per heavy atom. The van der Waals surface area contributed by atoms with Crippen molar-refractivity contribution in [1.82, 2.24) is 0 Å². The summed E-state index contributed by atoms with van der Waals surface area (Å²) in [6, 6.07) is 6.88. The molecule has 0 aliphatic carbocycles. The molecule has 0 atom stereocenters. The van der Waals surface area contributed by atoms with Crippen molar-refractivity contribution in [1.29, 1.82) is 0 Å². The minimum Gasteiger partial charge on any atom is -0.478 e. The van der Waals surface area contributed by atoms with Crippen molar-refractivity contribution < 1.29 is 14.6 Å². The van der Waals surface area contributed by atoms with E-state index < -0.39 is 11.6 Å². The van der Waals surface area contributed by atoms with Gasteiger partial charge in [-0.3, -0.25) is 0 Å². The Kier molecular flexibility index (Phi) is 4.19. The number of carboxylic acid groups (broad SMARTS) is 1. The van der Waals surface area contributed by atoms with E-state index in [9.17, 15) is 9.90 Å². The molecule has 0 aliphatic rings. The maximum atomic E-state index is 11.2. The number of para-hydroxylation sites is 1. The van der Waals surface area contributed by atoms with Gasteiger partial charge in [-0.1, -0.05) is 37.6 Å². The van der Waals surface area contributed by atoms with E-state index in [-0.39, 0.29) is 0 Å². The average Bonchev–Trinajstić information content (AvgIpc) is 2.28. The third-order valence-corrected chi connectivity index (χ3v) is 2.99. The van der Waals surface area contributed by atoms with Gasteiger partial charge in [-0.15, -0.1) is 0 Å². The quantitative estimate of drug-likeness (QED) is 0.861. The SMILES string of the molecule is CCC(CC)(Oc1ccccc1Cl)C(=O)O. The molecule has 0 bridgehead atoms. The lowest BCUT2D eigenvalue weighted by Gasteiger charge is -2.28. The summed E-state index contributed by atoms with van der Waals surface area (Å²) in [6.07, 6.45) is 0.786. The number of aliphatic carboxylic acids is 1. The zero-order valence-corrected chi connectivity index (χ0v) is 10.1. The van der Waals surface area contributed by atoms with Crippen LogP contribution in [0.4, 0.5) is 0 Å². The highest BCUT2D eigenvalue weighted by Gasteiger charge is 2.37. The van der Waals surface area contributed by atoms with Crippen LogP contribution in [-0.4, -0.2) is 16.7 Å². The highest BCUT2D eigenvalue weighted by atomic mass is 35.5. The Morgan fingerprint density at radius 3 is 2.38 bits per heavy atom. The molecule has 1 rings (SSSR count). The molecule has 4 heteroatoms. The van der Waals surface area contributed by atoms with Crippen LogP contribution < -0.4 is 4.74 Å². The van der Waals surface area contributed by atoms with Crippen molar-refractivity contribution in [3.8, 4) is 5.75 Å². The second-order valence-corrected chi connectivity index (χ2v) is 3.95. The molecule has 0 heterocycles. The van der Waals surface area contributed by atoms with Gasteiger partial charge in [0.1, 0.15) is 5.75 Å². The molecule has 3 nitrogen and oxygen atoms in total. The monoisotopic (exact) mass is 242 g/mol. The van der Waals surface area contributed by atoms with E-state index in [1.165, 1.54) is 0 Å². The summed E-state index contributed by atoms with van der Waals surface area (Å²) in [7, 11) is 0. The second kappa shape index (κ2) is 5.21. The van der Waals surface area contributed by atoms with Gasteiger partial charge in [0.25, 0.3) is 0 Å². The molecule has 0 radical (unpaired) electrons. The minimum absolute atomic E-state index is 0.393. The first-order valence-corrected chi connectivity index (χ1v) is 5.60. The summed E-state index contributed by atoms with van der Waals surface area (Å²) < 4.78 is 5.56. The smallest absolute Gasteiger partial charge is 0.348 e. The molecule has 0 aliphatic heterocycles. The van der Waals surface area contributed by atoms with E-state index in [4.69, 9.17) is 16.3 Å². The summed E-state index contributed by atoms with van der Waals surface area (Å²) in [4.78, 5) is 11.2. The van der Waals surface area contributed by atoms with Gasteiger partial charge in [0.15, 0.2) is 0 Å². The van der Waals surface area contributed by atoms with Crippen molar-refractivity contribution in [3.05, 3.63) is 29.3 Å². The number of carboxylic acids is 1. The van der Waals surface area contributed by atoms with E-state index in [0.29, 0.717) is 23.6 Å². The number of hydrogen-bond donors (Lipinski definition) is 1. The van der Waals surface area contributed by atoms with Crippen LogP contribution in [0.3, 0.4) is 0 Å². The molecule has 16 heavy (non-hydrogen) atoms. The molecule has 0 saturated heterocycles. The first-order chi connectivity index (χ1) is 7.55. The fourth-order valence-electron chi connectivity index (χ4n) is 1.48. The standard InChI is InChI=1S/C12H15ClO3/c1-3-12(4-2,11(14)15)16-10-8-6-5-7-9(10)13/h5-8H,3-4H2,1-2H3,(H,14,15). The summed E-state index contributed by atoms with van der Waals surface area (Å²) in [5.74, 6) is -0.548. The van der Waals surface area contributed by atoms with Gasteiger partial charge < -0.3 is 9.84 Å². The van der Waals surface area contributed by atoms with Crippen LogP contribution in [0.1, 0.15) is 26.7 Å². The Balaban J connectivity index is 3.01. The van der Waals surface area contributed by atoms with Crippen LogP contribution in [0.15, 0.2) is 24.3 Å². The third kappa shape index (κ3) is 2.47. The lowest BCUT2D eigenvalue weighted by molar-refractivity contribution is -0.156. The van der Waals surface area contributed by atoms with Gasteiger partial charge in [0.05, 0.1) is 5.02 Å². The van der Waals surface area contributed by atoms with Crippen LogP contribution in [-0.2, 0) is 4.79 Å². The van der Waals surface area contributed by atoms with Crippen molar-refractivity contribution in [2.45, 2.75) is 32.3 Å². The highest BCUT2D eigenvalue weighted by Crippen LogP contribution is 2.30. The molecule has 0 saturated carbocycles. The van der Waals surface area contributed by atoms with Gasteiger partial charge >= 0.3 is 5.97 Å². The van der Waals surface area contributed by atoms with E-state index in [2.05, 4.69) is 0 Å². The van der Waals surface area contributed by atoms with Gasteiger partial charge in [0.2, 0.25) is 5.60 Å². The molecule has 1 N–H and O–H groups in total. The van der Waals surface area contributed by atoms with Crippen LogP contribution in [0.2, 0.25) is 5.02 Å². The summed E-state index contributed by atoms with van der Waals surface area (Å²) in [5.41, 5.74) is -1.19. The second-order valence-electron chi connectivity index (χ2n) is 3.54. The number of hydrogen-bond acceptors (Lipinski definition) is 2. The molecule has 0 spiro atoms. The third-order valence-electron chi connectivity index (χ3n) is 2.67. The Labute approximate surface area is 100.0 Å². The topological polar surface area (TPSA) is 46.5 Å². The predicted molar refractivity (Wildman–Crippen MR) is 63.0 cm³/mol. The maximum absolute atomic E-state index is 11.2. The molecule has 0 aromatic heterocycles. The van der Waals surface area contributed by atoms with E-state index in [0.717, 1.165) is 0 Å². The summed E-state index contributed by atoms with van der Waals surface area (Å²) >= 11 is 5.93. The molecule has 88 valence electrons. The van der Waals surface area contributed by atoms with Crippen LogP contribution >= 0.6 is 11.6 Å². The predicted octanol–water partition coefficient (Wildman–Crippen LogP) is 3.36. The lowest BCUT2D eigenvalue weighted by Crippen LogP contribution is -2.43. The number of carbonyl (C=O) groups is 1. The van der Waals surface area contributed by atoms with Gasteiger partial charge in [0, 0.05) is 0 Å². The molecular formula is C12H15ClO3. The van der Waals surface area contributed by atoms with Crippen LogP contribution in [0.5, 0.6) is 5.75 Å². The molecule has 1 aromatic rings. The largest absolute Gasteiger partial charge is 0.478 e. The minimum atomic E-state index is -1.19. The first kappa shape index (κ1) is 12.8. The van der Waals surface area contributed by atoms with Crippen LogP contribution in [0.25, 0.3) is 0 Å². The summed E-state index contributed by atoms with van der Waals surface area (Å²) in [6.45, 7) is 3.57.